The summed E-state index contributed by atoms with van der Waals surface area (Å²) < 4.78 is 1.24. The van der Waals surface area contributed by atoms with Crippen LogP contribution in [0.25, 0.3) is 0 Å². The average Bonchev–Trinajstić information content (AvgIpc) is 2.08. The van der Waals surface area contributed by atoms with Crippen molar-refractivity contribution in [1.82, 2.24) is 0 Å². The molecular formula is C9H13BrS. The van der Waals surface area contributed by atoms with Crippen LogP contribution in [0.3, 0.4) is 0 Å². The van der Waals surface area contributed by atoms with Crippen molar-refractivity contribution >= 4 is 27.3 Å². The van der Waals surface area contributed by atoms with Gasteiger partial charge in [0.15, 0.2) is 0 Å². The summed E-state index contributed by atoms with van der Waals surface area (Å²) in [7, 11) is 0. The molecule has 0 amide bonds. The van der Waals surface area contributed by atoms with Gasteiger partial charge in [0, 0.05) is 4.88 Å². The Labute approximate surface area is 80.8 Å². The maximum atomic E-state index is 3.49. The highest BCUT2D eigenvalue weighted by Crippen LogP contribution is 2.34. The summed E-state index contributed by atoms with van der Waals surface area (Å²) in [5.41, 5.74) is 1.74. The van der Waals surface area contributed by atoms with Crippen LogP contribution in [0.1, 0.15) is 31.2 Å². The number of thiophene rings is 1. The lowest BCUT2D eigenvalue weighted by molar-refractivity contribution is 0.589. The van der Waals surface area contributed by atoms with Gasteiger partial charge in [-0.1, -0.05) is 20.8 Å². The highest BCUT2D eigenvalue weighted by Gasteiger charge is 2.17. The van der Waals surface area contributed by atoms with Crippen LogP contribution in [-0.2, 0) is 5.41 Å². The van der Waals surface area contributed by atoms with Crippen molar-refractivity contribution in [2.24, 2.45) is 0 Å². The van der Waals surface area contributed by atoms with Crippen molar-refractivity contribution < 1.29 is 0 Å². The quantitative estimate of drug-likeness (QED) is 0.632. The third kappa shape index (κ3) is 2.06. The fourth-order valence-electron chi connectivity index (χ4n) is 1.19. The zero-order valence-corrected chi connectivity index (χ0v) is 9.77. The molecular weight excluding hydrogens is 220 g/mol. The highest BCUT2D eigenvalue weighted by molar-refractivity contribution is 9.11. The Kier molecular flexibility index (Phi) is 2.45. The first-order valence-corrected chi connectivity index (χ1v) is 5.28. The Morgan fingerprint density at radius 3 is 2.09 bits per heavy atom. The highest BCUT2D eigenvalue weighted by atomic mass is 79.9. The molecule has 0 aliphatic carbocycles. The van der Waals surface area contributed by atoms with Crippen molar-refractivity contribution in [3.05, 3.63) is 20.3 Å². The molecule has 1 rings (SSSR count). The second-order valence-electron chi connectivity index (χ2n) is 3.77. The summed E-state index contributed by atoms with van der Waals surface area (Å²) in [5, 5.41) is 0. The maximum Gasteiger partial charge on any atom is 0.0704 e. The first-order valence-electron chi connectivity index (χ1n) is 3.67. The number of aryl methyl sites for hydroxylation is 1. The van der Waals surface area contributed by atoms with Gasteiger partial charge in [0.05, 0.1) is 3.79 Å². The second kappa shape index (κ2) is 2.91. The predicted molar refractivity (Wildman–Crippen MR) is 55.5 cm³/mol. The molecule has 0 nitrogen and oxygen atoms in total. The standard InChI is InChI=1S/C9H13BrS/c1-6-7(9(2,3)4)5-8(10)11-6/h5H,1-4H3. The van der Waals surface area contributed by atoms with E-state index in [4.69, 9.17) is 0 Å². The molecule has 0 aliphatic heterocycles. The average molecular weight is 233 g/mol. The minimum absolute atomic E-state index is 0.284. The van der Waals surface area contributed by atoms with E-state index in [0.29, 0.717) is 0 Å². The number of halogens is 1. The summed E-state index contributed by atoms with van der Waals surface area (Å²) >= 11 is 5.31. The van der Waals surface area contributed by atoms with E-state index in [0.717, 1.165) is 0 Å². The first-order chi connectivity index (χ1) is 4.91. The van der Waals surface area contributed by atoms with Gasteiger partial charge in [-0.3, -0.25) is 0 Å². The van der Waals surface area contributed by atoms with Crippen LogP contribution in [0.15, 0.2) is 9.85 Å². The summed E-state index contributed by atoms with van der Waals surface area (Å²) in [6, 6.07) is 2.22. The van der Waals surface area contributed by atoms with Crippen LogP contribution < -0.4 is 0 Å². The molecule has 1 aromatic rings. The summed E-state index contributed by atoms with van der Waals surface area (Å²) in [6.45, 7) is 8.91. The molecule has 0 radical (unpaired) electrons. The molecule has 0 atom stereocenters. The van der Waals surface area contributed by atoms with E-state index in [2.05, 4.69) is 49.7 Å². The molecule has 0 aromatic carbocycles. The molecule has 0 bridgehead atoms. The van der Waals surface area contributed by atoms with Gasteiger partial charge in [-0.15, -0.1) is 11.3 Å². The van der Waals surface area contributed by atoms with Gasteiger partial charge in [-0.05, 0) is 39.9 Å². The summed E-state index contributed by atoms with van der Waals surface area (Å²) in [6.07, 6.45) is 0. The fraction of sp³-hybridized carbons (Fsp3) is 0.556. The molecule has 0 spiro atoms. The van der Waals surface area contributed by atoms with Gasteiger partial charge in [0.2, 0.25) is 0 Å². The third-order valence-electron chi connectivity index (χ3n) is 1.70. The molecule has 0 N–H and O–H groups in total. The predicted octanol–water partition coefficient (Wildman–Crippen LogP) is 4.12. The molecule has 1 heterocycles. The molecule has 2 heteroatoms. The largest absolute Gasteiger partial charge is 0.133 e. The minimum Gasteiger partial charge on any atom is -0.133 e. The number of rotatable bonds is 0. The monoisotopic (exact) mass is 232 g/mol. The lowest BCUT2D eigenvalue weighted by Crippen LogP contribution is -2.10. The van der Waals surface area contributed by atoms with Crippen LogP contribution in [0.5, 0.6) is 0 Å². The summed E-state index contributed by atoms with van der Waals surface area (Å²) in [5.74, 6) is 0. The van der Waals surface area contributed by atoms with Crippen molar-refractivity contribution in [3.8, 4) is 0 Å². The SMILES string of the molecule is Cc1sc(Br)cc1C(C)(C)C. The van der Waals surface area contributed by atoms with Crippen LogP contribution in [0.2, 0.25) is 0 Å². The maximum absolute atomic E-state index is 3.49. The van der Waals surface area contributed by atoms with E-state index in [1.54, 1.807) is 0 Å². The normalized spacial score (nSPS) is 12.1. The smallest absolute Gasteiger partial charge is 0.0704 e. The van der Waals surface area contributed by atoms with E-state index in [1.807, 2.05) is 11.3 Å². The number of hydrogen-bond donors (Lipinski definition) is 0. The van der Waals surface area contributed by atoms with Crippen molar-refractivity contribution in [1.29, 1.82) is 0 Å². The van der Waals surface area contributed by atoms with Crippen molar-refractivity contribution in [3.63, 3.8) is 0 Å². The van der Waals surface area contributed by atoms with Crippen molar-refractivity contribution in [2.75, 3.05) is 0 Å². The van der Waals surface area contributed by atoms with Crippen LogP contribution in [0.4, 0.5) is 0 Å². The molecule has 0 aliphatic rings. The van der Waals surface area contributed by atoms with Crippen LogP contribution in [0, 0.1) is 6.92 Å². The third-order valence-corrected chi connectivity index (χ3v) is 3.25. The van der Waals surface area contributed by atoms with Gasteiger partial charge >= 0.3 is 0 Å². The van der Waals surface area contributed by atoms with Crippen LogP contribution in [-0.4, -0.2) is 0 Å². The number of hydrogen-bond acceptors (Lipinski definition) is 1. The van der Waals surface area contributed by atoms with Crippen molar-refractivity contribution in [2.45, 2.75) is 33.1 Å². The van der Waals surface area contributed by atoms with Crippen LogP contribution >= 0.6 is 27.3 Å². The molecule has 0 unspecified atom stereocenters. The van der Waals surface area contributed by atoms with E-state index in [9.17, 15) is 0 Å². The second-order valence-corrected chi connectivity index (χ2v) is 6.41. The Bertz CT molecular complexity index is 255. The molecule has 0 fully saturated rings. The zero-order valence-electron chi connectivity index (χ0n) is 7.36. The molecule has 0 saturated heterocycles. The fourth-order valence-corrected chi connectivity index (χ4v) is 3.09. The lowest BCUT2D eigenvalue weighted by atomic mass is 9.88. The van der Waals surface area contributed by atoms with Gasteiger partial charge in [0.1, 0.15) is 0 Å². The van der Waals surface area contributed by atoms with E-state index in [1.165, 1.54) is 14.2 Å². The Hall–Kier alpha value is 0.180. The van der Waals surface area contributed by atoms with Gasteiger partial charge < -0.3 is 0 Å². The lowest BCUT2D eigenvalue weighted by Gasteiger charge is -2.17. The topological polar surface area (TPSA) is 0 Å². The molecule has 11 heavy (non-hydrogen) atoms. The Morgan fingerprint density at radius 1 is 1.36 bits per heavy atom. The van der Waals surface area contributed by atoms with E-state index < -0.39 is 0 Å². The Balaban J connectivity index is 3.13. The van der Waals surface area contributed by atoms with E-state index in [-0.39, 0.29) is 5.41 Å². The zero-order chi connectivity index (χ0) is 8.65. The van der Waals surface area contributed by atoms with Gasteiger partial charge in [-0.2, -0.15) is 0 Å². The first kappa shape index (κ1) is 9.27. The van der Waals surface area contributed by atoms with E-state index >= 15 is 0 Å². The van der Waals surface area contributed by atoms with Gasteiger partial charge in [0.25, 0.3) is 0 Å². The molecule has 1 aromatic heterocycles. The molecule has 0 saturated carbocycles. The molecule has 62 valence electrons. The minimum atomic E-state index is 0.284. The van der Waals surface area contributed by atoms with Gasteiger partial charge in [-0.25, -0.2) is 0 Å². The summed E-state index contributed by atoms with van der Waals surface area (Å²) in [4.78, 5) is 1.42. The Morgan fingerprint density at radius 2 is 1.91 bits per heavy atom.